The average molecular weight is 268 g/mol. The van der Waals surface area contributed by atoms with Gasteiger partial charge in [0.05, 0.1) is 0 Å². The number of hydrogen-bond donors (Lipinski definition) is 0. The third-order valence-corrected chi connectivity index (χ3v) is 2.33. The maximum Gasteiger partial charge on any atom is 1.00 e. The second kappa shape index (κ2) is 5.37. The van der Waals surface area contributed by atoms with E-state index in [9.17, 15) is 4.79 Å². The molecule has 0 unspecified atom stereocenters. The van der Waals surface area contributed by atoms with Gasteiger partial charge in [-0.1, -0.05) is 0 Å². The van der Waals surface area contributed by atoms with Gasteiger partial charge in [0, 0.05) is 18.5 Å². The Morgan fingerprint density at radius 1 is 1.33 bits per heavy atom. The van der Waals surface area contributed by atoms with E-state index < -0.39 is 0 Å². The van der Waals surface area contributed by atoms with E-state index >= 15 is 0 Å². The van der Waals surface area contributed by atoms with E-state index in [2.05, 4.69) is 20.4 Å². The predicted octanol–water partition coefficient (Wildman–Crippen LogP) is -2.90. The number of pyridine rings is 1. The smallest absolute Gasteiger partial charge is 1.00 e. The molecule has 0 spiro atoms. The summed E-state index contributed by atoms with van der Waals surface area (Å²) in [7, 11) is 0. The third-order valence-electron chi connectivity index (χ3n) is 2.33. The van der Waals surface area contributed by atoms with E-state index in [0.717, 1.165) is 0 Å². The Kier molecular flexibility index (Phi) is 4.02. The first-order valence-corrected chi connectivity index (χ1v) is 4.99. The molecule has 0 atom stereocenters. The van der Waals surface area contributed by atoms with Gasteiger partial charge in [0.15, 0.2) is 11.5 Å². The second-order valence-electron chi connectivity index (χ2n) is 3.50. The van der Waals surface area contributed by atoms with E-state index in [1.165, 1.54) is 21.5 Å². The van der Waals surface area contributed by atoms with E-state index in [4.69, 9.17) is 0 Å². The summed E-state index contributed by atoms with van der Waals surface area (Å²) in [6, 6.07) is 4.92. The van der Waals surface area contributed by atoms with Crippen LogP contribution in [0.2, 0.25) is 0 Å². The third kappa shape index (κ3) is 2.29. The van der Waals surface area contributed by atoms with Crippen LogP contribution < -0.4 is 56.9 Å². The van der Waals surface area contributed by atoms with Crippen molar-refractivity contribution in [2.45, 2.75) is 6.92 Å². The molecule has 3 rings (SSSR count). The normalized spacial score (nSPS) is 10.3. The number of aryl methyl sites for hydroxylation is 1. The summed E-state index contributed by atoms with van der Waals surface area (Å²) in [6.07, 6.45) is 3.11. The van der Waals surface area contributed by atoms with Crippen molar-refractivity contribution in [3.8, 4) is 5.69 Å². The maximum atomic E-state index is 11.6. The minimum atomic E-state index is -0.145. The maximum absolute atomic E-state index is 11.6. The van der Waals surface area contributed by atoms with Gasteiger partial charge in [0.25, 0.3) is 5.56 Å². The Labute approximate surface area is 146 Å². The number of nitrogens with zero attached hydrogens (tertiary/aromatic N) is 6. The fourth-order valence-corrected chi connectivity index (χ4v) is 1.59. The van der Waals surface area contributed by atoms with Crippen molar-refractivity contribution in [1.29, 1.82) is 0 Å². The molecule has 7 nitrogen and oxygen atoms in total. The summed E-state index contributed by atoms with van der Waals surface area (Å²) in [6.45, 7) is 1.74. The van der Waals surface area contributed by atoms with Gasteiger partial charge in [-0.15, -0.1) is 15.0 Å². The van der Waals surface area contributed by atoms with Gasteiger partial charge >= 0.3 is 51.4 Å². The van der Waals surface area contributed by atoms with Gasteiger partial charge in [-0.25, -0.2) is 4.98 Å². The Bertz CT molecular complexity index is 755. The molecule has 0 radical (unpaired) electrons. The van der Waals surface area contributed by atoms with Crippen molar-refractivity contribution in [3.05, 3.63) is 46.8 Å². The first-order valence-electron chi connectivity index (χ1n) is 4.99. The standard InChI is InChI=1S/C10H8N6O.K.H/c1-7-12-14-16(13-7)8-3-2-6-15-9(17)4-5-11-10(8)15;;/h2-6H,1H3;;/q;+1;-1. The Hall–Kier alpha value is -0.934. The zero-order valence-corrected chi connectivity index (χ0v) is 13.1. The second-order valence-corrected chi connectivity index (χ2v) is 3.50. The summed E-state index contributed by atoms with van der Waals surface area (Å²) in [5, 5.41) is 11.8. The van der Waals surface area contributed by atoms with Crippen LogP contribution in [-0.4, -0.2) is 29.6 Å². The summed E-state index contributed by atoms with van der Waals surface area (Å²) in [4.78, 5) is 17.1. The summed E-state index contributed by atoms with van der Waals surface area (Å²) in [5.74, 6) is 0.560. The quantitative estimate of drug-likeness (QED) is 0.442. The number of tetrazole rings is 1. The molecular formula is C10H9KN6O. The van der Waals surface area contributed by atoms with Gasteiger partial charge in [-0.3, -0.25) is 9.20 Å². The minimum Gasteiger partial charge on any atom is -1.00 e. The van der Waals surface area contributed by atoms with Crippen molar-refractivity contribution in [3.63, 3.8) is 0 Å². The van der Waals surface area contributed by atoms with Crippen LogP contribution in [0, 0.1) is 6.92 Å². The van der Waals surface area contributed by atoms with Crippen LogP contribution in [0.4, 0.5) is 0 Å². The minimum absolute atomic E-state index is 0. The van der Waals surface area contributed by atoms with Crippen LogP contribution in [0.1, 0.15) is 7.25 Å². The number of hydrogen-bond acceptors (Lipinski definition) is 5. The molecule has 3 aromatic heterocycles. The molecule has 86 valence electrons. The molecule has 0 aliphatic heterocycles. The summed E-state index contributed by atoms with van der Waals surface area (Å²) >= 11 is 0. The van der Waals surface area contributed by atoms with Crippen LogP contribution in [0.3, 0.4) is 0 Å². The largest absolute Gasteiger partial charge is 1.00 e. The molecule has 0 saturated heterocycles. The SMILES string of the molecule is Cc1nnn(-c2cccn3c(=O)ccnc23)n1.[H-].[K+]. The van der Waals surface area contributed by atoms with Crippen molar-refractivity contribution < 1.29 is 52.8 Å². The summed E-state index contributed by atoms with van der Waals surface area (Å²) < 4.78 is 1.44. The Morgan fingerprint density at radius 2 is 2.17 bits per heavy atom. The van der Waals surface area contributed by atoms with Crippen molar-refractivity contribution in [2.24, 2.45) is 0 Å². The van der Waals surface area contributed by atoms with Gasteiger partial charge in [0.2, 0.25) is 0 Å². The van der Waals surface area contributed by atoms with Crippen LogP contribution in [-0.2, 0) is 0 Å². The van der Waals surface area contributed by atoms with Crippen LogP contribution >= 0.6 is 0 Å². The van der Waals surface area contributed by atoms with Crippen molar-refractivity contribution >= 4 is 5.65 Å². The van der Waals surface area contributed by atoms with Gasteiger partial charge in [0.1, 0.15) is 5.69 Å². The van der Waals surface area contributed by atoms with E-state index in [-0.39, 0.29) is 58.4 Å². The molecule has 8 heteroatoms. The number of rotatable bonds is 1. The molecule has 0 aromatic carbocycles. The molecule has 0 bridgehead atoms. The first kappa shape index (κ1) is 13.5. The fraction of sp³-hybridized carbons (Fsp3) is 0.100. The van der Waals surface area contributed by atoms with Crippen molar-refractivity contribution in [1.82, 2.24) is 29.6 Å². The zero-order chi connectivity index (χ0) is 11.8. The molecule has 18 heavy (non-hydrogen) atoms. The zero-order valence-electron chi connectivity index (χ0n) is 11.0. The van der Waals surface area contributed by atoms with E-state index in [0.29, 0.717) is 17.2 Å². The molecular weight excluding hydrogens is 259 g/mol. The number of aromatic nitrogens is 6. The molecule has 0 saturated carbocycles. The molecule has 0 amide bonds. The fourth-order valence-electron chi connectivity index (χ4n) is 1.59. The monoisotopic (exact) mass is 268 g/mol. The molecule has 0 fully saturated rings. The molecule has 3 heterocycles. The molecule has 0 N–H and O–H groups in total. The van der Waals surface area contributed by atoms with Gasteiger partial charge < -0.3 is 1.43 Å². The number of fused-ring (bicyclic) bond motifs is 1. The Morgan fingerprint density at radius 3 is 2.89 bits per heavy atom. The molecule has 0 aliphatic rings. The van der Waals surface area contributed by atoms with Gasteiger partial charge in [-0.2, -0.15) is 0 Å². The molecule has 3 aromatic rings. The molecule has 0 aliphatic carbocycles. The van der Waals surface area contributed by atoms with Crippen molar-refractivity contribution in [2.75, 3.05) is 0 Å². The van der Waals surface area contributed by atoms with E-state index in [1.54, 1.807) is 25.3 Å². The van der Waals surface area contributed by atoms with Crippen LogP contribution in [0.5, 0.6) is 0 Å². The average Bonchev–Trinajstić information content (AvgIpc) is 2.76. The van der Waals surface area contributed by atoms with Crippen LogP contribution in [0.25, 0.3) is 11.3 Å². The summed E-state index contributed by atoms with van der Waals surface area (Å²) in [5.41, 5.74) is 0.969. The first-order chi connectivity index (χ1) is 8.25. The topological polar surface area (TPSA) is 78.0 Å². The Balaban J connectivity index is 0.000000902. The predicted molar refractivity (Wildman–Crippen MR) is 60.0 cm³/mol. The van der Waals surface area contributed by atoms with Gasteiger partial charge in [-0.05, 0) is 24.3 Å². The van der Waals surface area contributed by atoms with E-state index in [1.807, 2.05) is 0 Å². The van der Waals surface area contributed by atoms with Crippen LogP contribution in [0.15, 0.2) is 35.4 Å².